The first-order chi connectivity index (χ1) is 12.3. The molecule has 1 N–H and O–H groups in total. The van der Waals surface area contributed by atoms with Crippen molar-refractivity contribution in [3.63, 3.8) is 0 Å². The van der Waals surface area contributed by atoms with Gasteiger partial charge in [0, 0.05) is 25.1 Å². The van der Waals surface area contributed by atoms with Crippen LogP contribution in [-0.4, -0.2) is 50.2 Å². The summed E-state index contributed by atoms with van der Waals surface area (Å²) in [5, 5.41) is 0. The Hall–Kier alpha value is -1.88. The van der Waals surface area contributed by atoms with Gasteiger partial charge >= 0.3 is 0 Å². The SMILES string of the molecule is O=C(c1ccccc1)N(CCC[NH+]1CCOCC1)Cc1ccccc1.[Cl-]. The number of carbonyl (C=O) groups is 1. The van der Waals surface area contributed by atoms with Gasteiger partial charge in [0.15, 0.2) is 0 Å². The molecule has 0 aromatic heterocycles. The molecule has 1 heterocycles. The Bertz CT molecular complexity index is 646. The number of ether oxygens (including phenoxy) is 1. The molecule has 0 unspecified atom stereocenters. The zero-order chi connectivity index (χ0) is 17.3. The highest BCUT2D eigenvalue weighted by Crippen LogP contribution is 2.10. The molecule has 1 fully saturated rings. The number of amides is 1. The van der Waals surface area contributed by atoms with E-state index in [0.29, 0.717) is 6.54 Å². The lowest BCUT2D eigenvalue weighted by molar-refractivity contribution is -0.908. The number of carbonyl (C=O) groups excluding carboxylic acids is 1. The van der Waals surface area contributed by atoms with Crippen molar-refractivity contribution in [1.82, 2.24) is 4.90 Å². The molecule has 3 rings (SSSR count). The summed E-state index contributed by atoms with van der Waals surface area (Å²) in [6.07, 6.45) is 1.01. The van der Waals surface area contributed by atoms with Gasteiger partial charge in [-0.05, 0) is 17.7 Å². The lowest BCUT2D eigenvalue weighted by Gasteiger charge is -2.26. The molecule has 0 radical (unpaired) electrons. The zero-order valence-electron chi connectivity index (χ0n) is 15.1. The standard InChI is InChI=1S/C21H26N2O2.ClH/c24-21(20-10-5-2-6-11-20)23(18-19-8-3-1-4-9-19)13-7-12-22-14-16-25-17-15-22;/h1-6,8-11H,7,12-18H2;1H. The van der Waals surface area contributed by atoms with Gasteiger partial charge < -0.3 is 26.9 Å². The first kappa shape index (κ1) is 20.4. The average Bonchev–Trinajstić information content (AvgIpc) is 2.69. The topological polar surface area (TPSA) is 34.0 Å². The lowest BCUT2D eigenvalue weighted by Crippen LogP contribution is -3.14. The third-order valence-electron chi connectivity index (χ3n) is 4.68. The van der Waals surface area contributed by atoms with Crippen LogP contribution in [0.25, 0.3) is 0 Å². The van der Waals surface area contributed by atoms with E-state index in [0.717, 1.165) is 51.4 Å². The molecule has 0 atom stereocenters. The fourth-order valence-electron chi connectivity index (χ4n) is 3.25. The highest BCUT2D eigenvalue weighted by atomic mass is 35.5. The van der Waals surface area contributed by atoms with E-state index in [4.69, 9.17) is 4.74 Å². The van der Waals surface area contributed by atoms with Crippen LogP contribution in [-0.2, 0) is 11.3 Å². The molecule has 2 aromatic rings. The molecule has 140 valence electrons. The number of halogens is 1. The first-order valence-electron chi connectivity index (χ1n) is 9.12. The Labute approximate surface area is 162 Å². The fourth-order valence-corrected chi connectivity index (χ4v) is 3.25. The van der Waals surface area contributed by atoms with Crippen LogP contribution < -0.4 is 17.3 Å². The molecular weight excluding hydrogens is 348 g/mol. The molecule has 0 bridgehead atoms. The zero-order valence-corrected chi connectivity index (χ0v) is 15.8. The van der Waals surface area contributed by atoms with Crippen LogP contribution in [0.3, 0.4) is 0 Å². The van der Waals surface area contributed by atoms with Crippen LogP contribution in [0.1, 0.15) is 22.3 Å². The van der Waals surface area contributed by atoms with E-state index in [1.54, 1.807) is 4.90 Å². The quantitative estimate of drug-likeness (QED) is 0.649. The van der Waals surface area contributed by atoms with Gasteiger partial charge in [0.25, 0.3) is 5.91 Å². The van der Waals surface area contributed by atoms with Gasteiger partial charge in [0.1, 0.15) is 13.1 Å². The Morgan fingerprint density at radius 3 is 2.23 bits per heavy atom. The number of rotatable bonds is 7. The molecule has 1 aliphatic rings. The van der Waals surface area contributed by atoms with Gasteiger partial charge in [-0.2, -0.15) is 0 Å². The van der Waals surface area contributed by atoms with Crippen molar-refractivity contribution in [2.75, 3.05) is 39.4 Å². The van der Waals surface area contributed by atoms with E-state index < -0.39 is 0 Å². The van der Waals surface area contributed by atoms with Crippen molar-refractivity contribution in [2.45, 2.75) is 13.0 Å². The van der Waals surface area contributed by atoms with Crippen LogP contribution >= 0.6 is 0 Å². The third-order valence-corrected chi connectivity index (χ3v) is 4.68. The van der Waals surface area contributed by atoms with E-state index in [1.165, 1.54) is 5.56 Å². The summed E-state index contributed by atoms with van der Waals surface area (Å²) >= 11 is 0. The first-order valence-corrected chi connectivity index (χ1v) is 9.12. The number of hydrogen-bond acceptors (Lipinski definition) is 2. The molecule has 1 aliphatic heterocycles. The van der Waals surface area contributed by atoms with Crippen LogP contribution in [0.5, 0.6) is 0 Å². The summed E-state index contributed by atoms with van der Waals surface area (Å²) in [6, 6.07) is 19.8. The van der Waals surface area contributed by atoms with Gasteiger partial charge in [-0.25, -0.2) is 0 Å². The van der Waals surface area contributed by atoms with Gasteiger partial charge in [-0.15, -0.1) is 0 Å². The van der Waals surface area contributed by atoms with Crippen molar-refractivity contribution in [3.05, 3.63) is 71.8 Å². The van der Waals surface area contributed by atoms with Gasteiger partial charge in [-0.3, -0.25) is 4.79 Å². The Balaban J connectivity index is 0.00000243. The predicted molar refractivity (Wildman–Crippen MR) is 98.6 cm³/mol. The number of morpholine rings is 1. The number of hydrogen-bond donors (Lipinski definition) is 1. The Morgan fingerprint density at radius 1 is 0.962 bits per heavy atom. The molecule has 0 spiro atoms. The van der Waals surface area contributed by atoms with Crippen LogP contribution in [0.2, 0.25) is 0 Å². The largest absolute Gasteiger partial charge is 1.00 e. The van der Waals surface area contributed by atoms with Crippen LogP contribution in [0, 0.1) is 0 Å². The summed E-state index contributed by atoms with van der Waals surface area (Å²) < 4.78 is 5.42. The highest BCUT2D eigenvalue weighted by Gasteiger charge is 2.18. The van der Waals surface area contributed by atoms with E-state index in [2.05, 4.69) is 12.1 Å². The minimum atomic E-state index is 0. The van der Waals surface area contributed by atoms with Crippen molar-refractivity contribution in [2.24, 2.45) is 0 Å². The fraction of sp³-hybridized carbons (Fsp3) is 0.381. The summed E-state index contributed by atoms with van der Waals surface area (Å²) in [5.74, 6) is 0.112. The second-order valence-electron chi connectivity index (χ2n) is 6.54. The van der Waals surface area contributed by atoms with E-state index in [1.807, 2.05) is 53.4 Å². The third kappa shape index (κ3) is 6.13. The normalized spacial score (nSPS) is 14.5. The molecule has 0 saturated carbocycles. The van der Waals surface area contributed by atoms with E-state index >= 15 is 0 Å². The second kappa shape index (κ2) is 11.0. The molecule has 1 saturated heterocycles. The number of benzene rings is 2. The molecule has 4 nitrogen and oxygen atoms in total. The summed E-state index contributed by atoms with van der Waals surface area (Å²) in [6.45, 7) is 6.39. The molecule has 2 aromatic carbocycles. The Morgan fingerprint density at radius 2 is 1.58 bits per heavy atom. The molecule has 0 aliphatic carbocycles. The van der Waals surface area contributed by atoms with Crippen LogP contribution in [0.15, 0.2) is 60.7 Å². The minimum Gasteiger partial charge on any atom is -1.00 e. The smallest absolute Gasteiger partial charge is 0.254 e. The molecular formula is C21H27ClN2O2. The van der Waals surface area contributed by atoms with Gasteiger partial charge in [0.05, 0.1) is 19.8 Å². The molecule has 26 heavy (non-hydrogen) atoms. The van der Waals surface area contributed by atoms with Crippen molar-refractivity contribution >= 4 is 5.91 Å². The molecule has 5 heteroatoms. The number of quaternary nitrogens is 1. The predicted octanol–water partition coefficient (Wildman–Crippen LogP) is -1.36. The summed E-state index contributed by atoms with van der Waals surface area (Å²) in [7, 11) is 0. The van der Waals surface area contributed by atoms with E-state index in [-0.39, 0.29) is 18.3 Å². The highest BCUT2D eigenvalue weighted by molar-refractivity contribution is 5.94. The number of nitrogens with zero attached hydrogens (tertiary/aromatic N) is 1. The lowest BCUT2D eigenvalue weighted by atomic mass is 10.1. The van der Waals surface area contributed by atoms with Gasteiger partial charge in [-0.1, -0.05) is 48.5 Å². The monoisotopic (exact) mass is 374 g/mol. The van der Waals surface area contributed by atoms with Gasteiger partial charge in [0.2, 0.25) is 0 Å². The van der Waals surface area contributed by atoms with Crippen molar-refractivity contribution in [3.8, 4) is 0 Å². The number of nitrogens with one attached hydrogen (secondary N) is 1. The average molecular weight is 375 g/mol. The van der Waals surface area contributed by atoms with Crippen molar-refractivity contribution in [1.29, 1.82) is 0 Å². The van der Waals surface area contributed by atoms with Crippen LogP contribution in [0.4, 0.5) is 0 Å². The maximum atomic E-state index is 12.9. The second-order valence-corrected chi connectivity index (χ2v) is 6.54. The molecule has 1 amide bonds. The summed E-state index contributed by atoms with van der Waals surface area (Å²) in [5.41, 5.74) is 1.93. The summed E-state index contributed by atoms with van der Waals surface area (Å²) in [4.78, 5) is 16.5. The van der Waals surface area contributed by atoms with Crippen molar-refractivity contribution < 1.29 is 26.8 Å². The minimum absolute atomic E-state index is 0. The Kier molecular flexibility index (Phi) is 8.62. The van der Waals surface area contributed by atoms with E-state index in [9.17, 15) is 4.79 Å². The maximum absolute atomic E-state index is 12.9. The maximum Gasteiger partial charge on any atom is 0.254 e.